The molecule has 3 aromatic carbocycles. The van der Waals surface area contributed by atoms with Gasteiger partial charge in [-0.3, -0.25) is 14.5 Å². The van der Waals surface area contributed by atoms with E-state index in [9.17, 15) is 9.59 Å². The number of nitrogens with zero attached hydrogens (tertiary/aromatic N) is 2. The van der Waals surface area contributed by atoms with E-state index in [-0.39, 0.29) is 11.8 Å². The zero-order chi connectivity index (χ0) is 29.5. The number of methoxy groups -OCH3 is 3. The van der Waals surface area contributed by atoms with Gasteiger partial charge in [-0.05, 0) is 72.0 Å². The number of carbonyl (C=O) groups is 2. The standard InChI is InChI=1S/C33H34N4O5/c1-40-29-18-23-15-17-37(21-25(23)19-30(29)41-2)16-14-22-8-11-26(12-9-22)35-33(39)27-6-4-5-7-28(27)36-32(38)24-10-13-31(42-3)34-20-24/h4-13,18-20H,14-17,21H2,1-3H3,(H,35,39)(H,36,38). The van der Waals surface area contributed by atoms with Crippen LogP contribution >= 0.6 is 0 Å². The molecule has 0 saturated carbocycles. The lowest BCUT2D eigenvalue weighted by atomic mass is 9.98. The maximum Gasteiger partial charge on any atom is 0.257 e. The minimum absolute atomic E-state index is 0.314. The van der Waals surface area contributed by atoms with Crippen molar-refractivity contribution in [3.8, 4) is 17.4 Å². The SMILES string of the molecule is COc1ccc(C(=O)Nc2ccccc2C(=O)Nc2ccc(CCN3CCc4cc(OC)c(OC)cc4C3)cc2)cn1. The third-order valence-corrected chi connectivity index (χ3v) is 7.35. The Bertz CT molecular complexity index is 1550. The van der Waals surface area contributed by atoms with Gasteiger partial charge in [0.15, 0.2) is 11.5 Å². The molecule has 216 valence electrons. The normalized spacial score (nSPS) is 12.6. The van der Waals surface area contributed by atoms with E-state index < -0.39 is 0 Å². The van der Waals surface area contributed by atoms with Gasteiger partial charge in [0.05, 0.1) is 38.1 Å². The molecule has 0 radical (unpaired) electrons. The monoisotopic (exact) mass is 566 g/mol. The largest absolute Gasteiger partial charge is 0.493 e. The first-order chi connectivity index (χ1) is 20.5. The molecule has 0 fully saturated rings. The highest BCUT2D eigenvalue weighted by Gasteiger charge is 2.19. The van der Waals surface area contributed by atoms with Gasteiger partial charge in [0.1, 0.15) is 0 Å². The summed E-state index contributed by atoms with van der Waals surface area (Å²) in [6.07, 6.45) is 3.29. The Morgan fingerprint density at radius 3 is 2.26 bits per heavy atom. The first-order valence-electron chi connectivity index (χ1n) is 13.7. The van der Waals surface area contributed by atoms with Crippen LogP contribution in [-0.4, -0.2) is 56.1 Å². The zero-order valence-electron chi connectivity index (χ0n) is 24.0. The molecule has 0 bridgehead atoms. The predicted molar refractivity (Wildman–Crippen MR) is 162 cm³/mol. The van der Waals surface area contributed by atoms with Crippen molar-refractivity contribution in [3.63, 3.8) is 0 Å². The summed E-state index contributed by atoms with van der Waals surface area (Å²) >= 11 is 0. The van der Waals surface area contributed by atoms with E-state index in [1.54, 1.807) is 50.6 Å². The van der Waals surface area contributed by atoms with Gasteiger partial charge in [-0.2, -0.15) is 0 Å². The van der Waals surface area contributed by atoms with Gasteiger partial charge in [0.25, 0.3) is 11.8 Å². The minimum atomic E-state index is -0.370. The summed E-state index contributed by atoms with van der Waals surface area (Å²) in [5.74, 6) is 1.26. The minimum Gasteiger partial charge on any atom is -0.493 e. The number of nitrogens with one attached hydrogen (secondary N) is 2. The van der Waals surface area contributed by atoms with E-state index in [1.165, 1.54) is 30.0 Å². The van der Waals surface area contributed by atoms with Crippen LogP contribution in [0.1, 0.15) is 37.4 Å². The third-order valence-electron chi connectivity index (χ3n) is 7.35. The Balaban J connectivity index is 1.17. The van der Waals surface area contributed by atoms with Gasteiger partial charge < -0.3 is 24.8 Å². The molecule has 0 spiro atoms. The van der Waals surface area contributed by atoms with Crippen LogP contribution in [0.3, 0.4) is 0 Å². The second-order valence-electron chi connectivity index (χ2n) is 9.99. The molecule has 9 nitrogen and oxygen atoms in total. The number of ether oxygens (including phenoxy) is 3. The van der Waals surface area contributed by atoms with E-state index >= 15 is 0 Å². The van der Waals surface area contributed by atoms with Crippen molar-refractivity contribution in [2.75, 3.05) is 45.1 Å². The van der Waals surface area contributed by atoms with E-state index in [4.69, 9.17) is 14.2 Å². The number of carbonyl (C=O) groups excluding carboxylic acids is 2. The summed E-state index contributed by atoms with van der Waals surface area (Å²) < 4.78 is 16.0. The highest BCUT2D eigenvalue weighted by molar-refractivity contribution is 6.12. The van der Waals surface area contributed by atoms with Gasteiger partial charge in [0.2, 0.25) is 5.88 Å². The summed E-state index contributed by atoms with van der Waals surface area (Å²) in [5.41, 5.74) is 5.57. The van der Waals surface area contributed by atoms with Crippen molar-refractivity contribution in [1.29, 1.82) is 0 Å². The van der Waals surface area contributed by atoms with E-state index in [0.29, 0.717) is 28.4 Å². The molecule has 9 heteroatoms. The Morgan fingerprint density at radius 2 is 1.57 bits per heavy atom. The molecule has 4 aromatic rings. The van der Waals surface area contributed by atoms with E-state index in [1.807, 2.05) is 24.3 Å². The summed E-state index contributed by atoms with van der Waals surface area (Å²) in [4.78, 5) is 32.4. The van der Waals surface area contributed by atoms with Gasteiger partial charge in [-0.25, -0.2) is 4.98 Å². The van der Waals surface area contributed by atoms with Gasteiger partial charge in [-0.15, -0.1) is 0 Å². The van der Waals surface area contributed by atoms with Crippen LogP contribution in [0.5, 0.6) is 17.4 Å². The number of benzene rings is 3. The van der Waals surface area contributed by atoms with Crippen LogP contribution in [0.4, 0.5) is 11.4 Å². The molecular weight excluding hydrogens is 532 g/mol. The van der Waals surface area contributed by atoms with Crippen LogP contribution in [0.25, 0.3) is 0 Å². The highest BCUT2D eigenvalue weighted by atomic mass is 16.5. The number of hydrogen-bond donors (Lipinski definition) is 2. The number of anilines is 2. The fourth-order valence-corrected chi connectivity index (χ4v) is 4.99. The predicted octanol–water partition coefficient (Wildman–Crippen LogP) is 5.21. The smallest absolute Gasteiger partial charge is 0.257 e. The van der Waals surface area contributed by atoms with Crippen molar-refractivity contribution in [3.05, 3.63) is 107 Å². The first kappa shape index (κ1) is 28.6. The maximum absolute atomic E-state index is 13.1. The van der Waals surface area contributed by atoms with Crippen LogP contribution in [0.2, 0.25) is 0 Å². The van der Waals surface area contributed by atoms with Crippen LogP contribution in [0.15, 0.2) is 79.0 Å². The Morgan fingerprint density at radius 1 is 0.833 bits per heavy atom. The average Bonchev–Trinajstić information content (AvgIpc) is 3.03. The quantitative estimate of drug-likeness (QED) is 0.272. The second-order valence-corrected chi connectivity index (χ2v) is 9.99. The topological polar surface area (TPSA) is 102 Å². The third kappa shape index (κ3) is 6.70. The molecule has 42 heavy (non-hydrogen) atoms. The van der Waals surface area contributed by atoms with Crippen molar-refractivity contribution >= 4 is 23.2 Å². The second kappa shape index (κ2) is 13.2. The lowest BCUT2D eigenvalue weighted by Gasteiger charge is -2.29. The van der Waals surface area contributed by atoms with Crippen molar-refractivity contribution < 1.29 is 23.8 Å². The lowest BCUT2D eigenvalue weighted by molar-refractivity contribution is 0.102. The summed E-state index contributed by atoms with van der Waals surface area (Å²) in [6, 6.07) is 22.2. The highest BCUT2D eigenvalue weighted by Crippen LogP contribution is 2.33. The molecule has 0 aliphatic carbocycles. The fraction of sp³-hybridized carbons (Fsp3) is 0.242. The number of hydrogen-bond acceptors (Lipinski definition) is 7. The van der Waals surface area contributed by atoms with Crippen molar-refractivity contribution in [1.82, 2.24) is 9.88 Å². The number of rotatable bonds is 10. The molecule has 2 amide bonds. The number of fused-ring (bicyclic) bond motifs is 1. The number of amides is 2. The van der Waals surface area contributed by atoms with E-state index in [0.717, 1.165) is 44.0 Å². The molecule has 0 unspecified atom stereocenters. The maximum atomic E-state index is 13.1. The summed E-state index contributed by atoms with van der Waals surface area (Å²) in [6.45, 7) is 2.78. The van der Waals surface area contributed by atoms with Crippen LogP contribution < -0.4 is 24.8 Å². The molecule has 1 aliphatic rings. The number of aromatic nitrogens is 1. The lowest BCUT2D eigenvalue weighted by Crippen LogP contribution is -2.32. The average molecular weight is 567 g/mol. The Hall–Kier alpha value is -4.89. The molecule has 1 aromatic heterocycles. The summed E-state index contributed by atoms with van der Waals surface area (Å²) in [5, 5.41) is 5.75. The number of para-hydroxylation sites is 1. The number of pyridine rings is 1. The molecule has 0 saturated heterocycles. The summed E-state index contributed by atoms with van der Waals surface area (Å²) in [7, 11) is 4.84. The van der Waals surface area contributed by atoms with E-state index in [2.05, 4.69) is 32.7 Å². The Labute approximate surface area is 245 Å². The fourth-order valence-electron chi connectivity index (χ4n) is 4.99. The van der Waals surface area contributed by atoms with Crippen LogP contribution in [0, 0.1) is 0 Å². The zero-order valence-corrected chi connectivity index (χ0v) is 24.0. The Kier molecular flexibility index (Phi) is 8.99. The molecule has 2 N–H and O–H groups in total. The van der Waals surface area contributed by atoms with Crippen molar-refractivity contribution in [2.45, 2.75) is 19.4 Å². The van der Waals surface area contributed by atoms with Crippen molar-refractivity contribution in [2.24, 2.45) is 0 Å². The molecule has 5 rings (SSSR count). The van der Waals surface area contributed by atoms with Gasteiger partial charge in [-0.1, -0.05) is 24.3 Å². The molecule has 2 heterocycles. The van der Waals surface area contributed by atoms with Gasteiger partial charge in [0, 0.05) is 37.6 Å². The van der Waals surface area contributed by atoms with Crippen LogP contribution in [-0.2, 0) is 19.4 Å². The first-order valence-corrected chi connectivity index (χ1v) is 13.7. The van der Waals surface area contributed by atoms with Gasteiger partial charge >= 0.3 is 0 Å². The molecular formula is C33H34N4O5. The molecule has 0 atom stereocenters. The molecule has 1 aliphatic heterocycles.